The van der Waals surface area contributed by atoms with E-state index in [0.717, 1.165) is 51.1 Å². The van der Waals surface area contributed by atoms with Crippen molar-refractivity contribution in [3.8, 4) is 0 Å². The molecule has 0 spiro atoms. The molecular formula is C25H39FN4O2. The van der Waals surface area contributed by atoms with E-state index in [-0.39, 0.29) is 29.2 Å². The van der Waals surface area contributed by atoms with Gasteiger partial charge in [-0.3, -0.25) is 9.69 Å². The van der Waals surface area contributed by atoms with Gasteiger partial charge in [-0.2, -0.15) is 0 Å². The van der Waals surface area contributed by atoms with Crippen LogP contribution in [-0.4, -0.2) is 71.9 Å². The predicted molar refractivity (Wildman–Crippen MR) is 125 cm³/mol. The number of urea groups is 1. The van der Waals surface area contributed by atoms with Crippen molar-refractivity contribution in [2.75, 3.05) is 39.3 Å². The summed E-state index contributed by atoms with van der Waals surface area (Å²) >= 11 is 0. The molecule has 32 heavy (non-hydrogen) atoms. The van der Waals surface area contributed by atoms with Crippen LogP contribution in [0.15, 0.2) is 24.3 Å². The molecule has 1 saturated heterocycles. The summed E-state index contributed by atoms with van der Waals surface area (Å²) in [7, 11) is 0. The van der Waals surface area contributed by atoms with E-state index in [2.05, 4.69) is 10.2 Å². The van der Waals surface area contributed by atoms with Crippen LogP contribution in [0.2, 0.25) is 0 Å². The van der Waals surface area contributed by atoms with Gasteiger partial charge in [0.1, 0.15) is 5.82 Å². The number of rotatable bonds is 6. The molecule has 0 radical (unpaired) electrons. The Hall–Kier alpha value is -2.15. The van der Waals surface area contributed by atoms with Crippen molar-refractivity contribution in [1.29, 1.82) is 0 Å². The largest absolute Gasteiger partial charge is 0.340 e. The average Bonchev–Trinajstić information content (AvgIpc) is 2.78. The van der Waals surface area contributed by atoms with E-state index in [1.165, 1.54) is 31.4 Å². The first kappa shape index (κ1) is 24.5. The van der Waals surface area contributed by atoms with Gasteiger partial charge in [0.2, 0.25) is 5.91 Å². The molecule has 2 aliphatic rings. The molecule has 1 heterocycles. The third kappa shape index (κ3) is 7.19. The molecule has 0 aromatic heterocycles. The molecule has 178 valence electrons. The normalized spacial score (nSPS) is 18.4. The highest BCUT2D eigenvalue weighted by Gasteiger charge is 2.30. The number of benzene rings is 1. The van der Waals surface area contributed by atoms with Crippen molar-refractivity contribution in [3.63, 3.8) is 0 Å². The van der Waals surface area contributed by atoms with Crippen molar-refractivity contribution < 1.29 is 14.0 Å². The summed E-state index contributed by atoms with van der Waals surface area (Å²) in [6.07, 6.45) is 5.66. The number of hydrogen-bond acceptors (Lipinski definition) is 3. The monoisotopic (exact) mass is 446 g/mol. The molecule has 2 fully saturated rings. The Morgan fingerprint density at radius 2 is 1.66 bits per heavy atom. The zero-order valence-electron chi connectivity index (χ0n) is 19.9. The summed E-state index contributed by atoms with van der Waals surface area (Å²) in [5.41, 5.74) is 0.566. The van der Waals surface area contributed by atoms with Crippen molar-refractivity contribution in [2.24, 2.45) is 5.41 Å². The van der Waals surface area contributed by atoms with Gasteiger partial charge in [0, 0.05) is 57.3 Å². The Morgan fingerprint density at radius 1 is 1.03 bits per heavy atom. The van der Waals surface area contributed by atoms with Gasteiger partial charge in [-0.05, 0) is 30.5 Å². The van der Waals surface area contributed by atoms with Crippen LogP contribution >= 0.6 is 0 Å². The summed E-state index contributed by atoms with van der Waals surface area (Å²) < 4.78 is 13.3. The highest BCUT2D eigenvalue weighted by atomic mass is 19.1. The molecule has 1 aliphatic carbocycles. The third-order valence-electron chi connectivity index (χ3n) is 6.49. The van der Waals surface area contributed by atoms with Crippen LogP contribution in [0, 0.1) is 11.2 Å². The number of hydrogen-bond donors (Lipinski definition) is 1. The lowest BCUT2D eigenvalue weighted by atomic mass is 9.94. The standard InChI is InChI=1S/C25H39FN4O2/c1-25(2,3)23(31)29-16-13-28(14-17-29)15-18-30(19-20-9-11-21(26)12-10-20)24(32)27-22-7-5-4-6-8-22/h9-12,22H,4-8,13-19H2,1-3H3,(H,27,32). The number of carbonyl (C=O) groups excluding carboxylic acids is 2. The molecule has 1 saturated carbocycles. The zero-order chi connectivity index (χ0) is 23.1. The van der Waals surface area contributed by atoms with Gasteiger partial charge in [-0.15, -0.1) is 0 Å². The van der Waals surface area contributed by atoms with Crippen LogP contribution in [0.3, 0.4) is 0 Å². The second-order valence-corrected chi connectivity index (χ2v) is 10.2. The lowest BCUT2D eigenvalue weighted by molar-refractivity contribution is -0.141. The van der Waals surface area contributed by atoms with E-state index < -0.39 is 0 Å². The summed E-state index contributed by atoms with van der Waals surface area (Å²) in [6, 6.07) is 6.58. The fourth-order valence-corrected chi connectivity index (χ4v) is 4.49. The van der Waals surface area contributed by atoms with E-state index in [9.17, 15) is 14.0 Å². The minimum atomic E-state index is -0.356. The molecule has 1 aromatic carbocycles. The van der Waals surface area contributed by atoms with Crippen molar-refractivity contribution in [2.45, 2.75) is 65.5 Å². The highest BCUT2D eigenvalue weighted by Crippen LogP contribution is 2.19. The fourth-order valence-electron chi connectivity index (χ4n) is 4.49. The number of halogens is 1. The summed E-state index contributed by atoms with van der Waals surface area (Å²) in [5, 5.41) is 3.22. The molecule has 1 aromatic rings. The van der Waals surface area contributed by atoms with Gasteiger partial charge < -0.3 is 15.1 Å². The Labute approximate surface area is 192 Å². The molecule has 0 bridgehead atoms. The van der Waals surface area contributed by atoms with Crippen molar-refractivity contribution >= 4 is 11.9 Å². The Morgan fingerprint density at radius 3 is 2.25 bits per heavy atom. The van der Waals surface area contributed by atoms with E-state index in [1.54, 1.807) is 12.1 Å². The van der Waals surface area contributed by atoms with Gasteiger partial charge >= 0.3 is 6.03 Å². The van der Waals surface area contributed by atoms with Gasteiger partial charge in [0.25, 0.3) is 0 Å². The Kier molecular flexibility index (Phi) is 8.51. The van der Waals surface area contributed by atoms with Crippen LogP contribution in [0.5, 0.6) is 0 Å². The molecule has 6 nitrogen and oxygen atoms in total. The average molecular weight is 447 g/mol. The molecule has 3 amide bonds. The predicted octanol–water partition coefficient (Wildman–Crippen LogP) is 3.86. The van der Waals surface area contributed by atoms with Crippen LogP contribution in [0.1, 0.15) is 58.4 Å². The van der Waals surface area contributed by atoms with E-state index in [4.69, 9.17) is 0 Å². The van der Waals surface area contributed by atoms with Crippen LogP contribution in [0.25, 0.3) is 0 Å². The molecule has 3 rings (SSSR count). The molecule has 1 aliphatic heterocycles. The molecule has 0 atom stereocenters. The van der Waals surface area contributed by atoms with Crippen LogP contribution < -0.4 is 5.32 Å². The number of piperazine rings is 1. The Bertz CT molecular complexity index is 748. The Balaban J connectivity index is 1.55. The SMILES string of the molecule is CC(C)(C)C(=O)N1CCN(CCN(Cc2ccc(F)cc2)C(=O)NC2CCCCC2)CC1. The van der Waals surface area contributed by atoms with E-state index in [0.29, 0.717) is 13.1 Å². The van der Waals surface area contributed by atoms with Crippen molar-refractivity contribution in [1.82, 2.24) is 20.0 Å². The second kappa shape index (κ2) is 11.1. The van der Waals surface area contributed by atoms with Gasteiger partial charge in [-0.1, -0.05) is 52.2 Å². The van der Waals surface area contributed by atoms with Gasteiger partial charge in [-0.25, -0.2) is 9.18 Å². The first-order valence-electron chi connectivity index (χ1n) is 12.0. The molecule has 0 unspecified atom stereocenters. The van der Waals surface area contributed by atoms with Crippen LogP contribution in [0.4, 0.5) is 9.18 Å². The lowest BCUT2D eigenvalue weighted by Gasteiger charge is -2.38. The first-order chi connectivity index (χ1) is 15.2. The van der Waals surface area contributed by atoms with Gasteiger partial charge in [0.05, 0.1) is 0 Å². The highest BCUT2D eigenvalue weighted by molar-refractivity contribution is 5.81. The summed E-state index contributed by atoms with van der Waals surface area (Å²) in [5.74, 6) is -0.0726. The number of nitrogens with one attached hydrogen (secondary N) is 1. The van der Waals surface area contributed by atoms with Crippen LogP contribution in [-0.2, 0) is 11.3 Å². The minimum Gasteiger partial charge on any atom is -0.340 e. The number of amides is 3. The number of carbonyl (C=O) groups is 2. The minimum absolute atomic E-state index is 0.0391. The molecular weight excluding hydrogens is 407 g/mol. The maximum atomic E-state index is 13.3. The quantitative estimate of drug-likeness (QED) is 0.722. The topological polar surface area (TPSA) is 55.9 Å². The van der Waals surface area contributed by atoms with Crippen molar-refractivity contribution in [3.05, 3.63) is 35.6 Å². The van der Waals surface area contributed by atoms with E-state index in [1.807, 2.05) is 30.6 Å². The third-order valence-corrected chi connectivity index (χ3v) is 6.49. The van der Waals surface area contributed by atoms with E-state index >= 15 is 0 Å². The maximum absolute atomic E-state index is 13.3. The molecule has 1 N–H and O–H groups in total. The summed E-state index contributed by atoms with van der Waals surface area (Å²) in [6.45, 7) is 10.8. The maximum Gasteiger partial charge on any atom is 0.317 e. The zero-order valence-corrected chi connectivity index (χ0v) is 19.9. The number of nitrogens with zero attached hydrogens (tertiary/aromatic N) is 3. The van der Waals surface area contributed by atoms with Gasteiger partial charge in [0.15, 0.2) is 0 Å². The fraction of sp³-hybridized carbons (Fsp3) is 0.680. The smallest absolute Gasteiger partial charge is 0.317 e. The second-order valence-electron chi connectivity index (χ2n) is 10.2. The molecule has 7 heteroatoms. The summed E-state index contributed by atoms with van der Waals surface area (Å²) in [4.78, 5) is 31.7. The lowest BCUT2D eigenvalue weighted by Crippen LogP contribution is -2.53. The first-order valence-corrected chi connectivity index (χ1v) is 12.0.